The molecule has 3 aliphatic heterocycles. The summed E-state index contributed by atoms with van der Waals surface area (Å²) in [6.07, 6.45) is 2.59. The molecule has 1 heteroatoms. The Balaban J connectivity index is 1.76. The summed E-state index contributed by atoms with van der Waals surface area (Å²) in [4.78, 5) is 0. The molecule has 2 atom stereocenters. The van der Waals surface area contributed by atoms with Crippen molar-refractivity contribution in [3.05, 3.63) is 148 Å². The highest BCUT2D eigenvalue weighted by Crippen LogP contribution is 2.72. The van der Waals surface area contributed by atoms with Gasteiger partial charge in [0.05, 0.1) is 5.41 Å². The fourth-order valence-corrected chi connectivity index (χ4v) is 8.89. The standard InChI is InChI=1S/C32H27P/c1-22-13-12-18-27(23(22)2)31-24(3)32(26-16-8-5-9-17-26)21-30(25-14-6-4-7-15-25)33(31)29-20-11-10-19-28(29)32/h4-21H,1-3H3. The first-order valence-corrected chi connectivity index (χ1v) is 13.0. The third-order valence-electron chi connectivity index (χ3n) is 7.49. The molecule has 3 heterocycles. The maximum atomic E-state index is 2.59. The van der Waals surface area contributed by atoms with Crippen molar-refractivity contribution in [2.75, 3.05) is 0 Å². The van der Waals surface area contributed by atoms with Crippen LogP contribution in [0, 0.1) is 13.8 Å². The van der Waals surface area contributed by atoms with Crippen LogP contribution >= 0.6 is 7.92 Å². The number of aryl methyl sites for hydroxylation is 1. The van der Waals surface area contributed by atoms with Crippen molar-refractivity contribution in [2.45, 2.75) is 26.2 Å². The van der Waals surface area contributed by atoms with Gasteiger partial charge in [-0.1, -0.05) is 109 Å². The quantitative estimate of drug-likeness (QED) is 0.281. The third-order valence-corrected chi connectivity index (χ3v) is 10.3. The zero-order valence-electron chi connectivity index (χ0n) is 19.3. The average molecular weight is 443 g/mol. The van der Waals surface area contributed by atoms with Gasteiger partial charge in [-0.25, -0.2) is 0 Å². The van der Waals surface area contributed by atoms with Gasteiger partial charge >= 0.3 is 0 Å². The molecular formula is C32H27P. The highest BCUT2D eigenvalue weighted by Gasteiger charge is 2.49. The van der Waals surface area contributed by atoms with Crippen molar-refractivity contribution >= 4 is 23.9 Å². The van der Waals surface area contributed by atoms with Crippen molar-refractivity contribution < 1.29 is 0 Å². The summed E-state index contributed by atoms with van der Waals surface area (Å²) in [7, 11) is -0.648. The van der Waals surface area contributed by atoms with Crippen LogP contribution in [0.5, 0.6) is 0 Å². The van der Waals surface area contributed by atoms with Gasteiger partial charge in [-0.05, 0) is 83.6 Å². The molecule has 0 N–H and O–H groups in total. The summed E-state index contributed by atoms with van der Waals surface area (Å²) in [5, 5.41) is 4.52. The van der Waals surface area contributed by atoms with E-state index in [-0.39, 0.29) is 5.41 Å². The zero-order valence-corrected chi connectivity index (χ0v) is 20.2. The monoisotopic (exact) mass is 442 g/mol. The van der Waals surface area contributed by atoms with E-state index in [1.807, 2.05) is 0 Å². The van der Waals surface area contributed by atoms with E-state index >= 15 is 0 Å². The predicted molar refractivity (Wildman–Crippen MR) is 143 cm³/mol. The van der Waals surface area contributed by atoms with Gasteiger partial charge in [-0.15, -0.1) is 0 Å². The largest absolute Gasteiger partial charge is 0.0622 e. The van der Waals surface area contributed by atoms with Crippen LogP contribution in [-0.2, 0) is 5.41 Å². The number of hydrogen-bond acceptors (Lipinski definition) is 0. The molecule has 0 amide bonds. The van der Waals surface area contributed by atoms with E-state index < -0.39 is 7.92 Å². The Morgan fingerprint density at radius 3 is 2.06 bits per heavy atom. The Labute approximate surface area is 198 Å². The normalized spacial score (nSPS) is 21.1. The molecule has 0 saturated carbocycles. The van der Waals surface area contributed by atoms with Crippen LogP contribution in [0.15, 0.2) is 115 Å². The molecule has 0 saturated heterocycles. The van der Waals surface area contributed by atoms with Crippen LogP contribution in [0.3, 0.4) is 0 Å². The average Bonchev–Trinajstić information content (AvgIpc) is 2.87. The van der Waals surface area contributed by atoms with E-state index in [2.05, 4.69) is 130 Å². The molecule has 160 valence electrons. The van der Waals surface area contributed by atoms with Crippen LogP contribution in [0.1, 0.15) is 40.3 Å². The lowest BCUT2D eigenvalue weighted by molar-refractivity contribution is 0.762. The molecule has 2 bridgehead atoms. The summed E-state index contributed by atoms with van der Waals surface area (Å²) in [5.41, 5.74) is 9.53. The van der Waals surface area contributed by atoms with Gasteiger partial charge in [0, 0.05) is 0 Å². The Morgan fingerprint density at radius 2 is 1.30 bits per heavy atom. The van der Waals surface area contributed by atoms with E-state index in [9.17, 15) is 0 Å². The Morgan fingerprint density at radius 1 is 0.636 bits per heavy atom. The highest BCUT2D eigenvalue weighted by atomic mass is 31.1. The van der Waals surface area contributed by atoms with Crippen LogP contribution in [0.4, 0.5) is 0 Å². The second kappa shape index (κ2) is 7.68. The third kappa shape index (κ3) is 2.87. The van der Waals surface area contributed by atoms with Crippen LogP contribution in [0.25, 0.3) is 10.6 Å². The maximum absolute atomic E-state index is 2.59. The topological polar surface area (TPSA) is 0 Å². The molecule has 4 aromatic rings. The van der Waals surface area contributed by atoms with Crippen LogP contribution in [-0.4, -0.2) is 0 Å². The molecule has 4 aromatic carbocycles. The highest BCUT2D eigenvalue weighted by molar-refractivity contribution is 7.85. The molecule has 0 aromatic heterocycles. The molecule has 0 spiro atoms. The number of allylic oxidation sites excluding steroid dienone is 2. The first-order valence-electron chi connectivity index (χ1n) is 11.6. The minimum atomic E-state index is -0.648. The number of benzene rings is 4. The summed E-state index contributed by atoms with van der Waals surface area (Å²) in [6.45, 7) is 6.91. The summed E-state index contributed by atoms with van der Waals surface area (Å²) < 4.78 is 0. The molecular weight excluding hydrogens is 415 g/mol. The Bertz CT molecular complexity index is 1430. The summed E-state index contributed by atoms with van der Waals surface area (Å²) in [6, 6.07) is 38.1. The Kier molecular flexibility index (Phi) is 4.75. The molecule has 3 aliphatic rings. The minimum absolute atomic E-state index is 0.258. The van der Waals surface area contributed by atoms with Crippen molar-refractivity contribution in [3.63, 3.8) is 0 Å². The molecule has 7 rings (SSSR count). The fraction of sp³-hybridized carbons (Fsp3) is 0.125. The van der Waals surface area contributed by atoms with E-state index in [0.29, 0.717) is 0 Å². The first-order chi connectivity index (χ1) is 16.1. The van der Waals surface area contributed by atoms with Crippen LogP contribution in [0.2, 0.25) is 0 Å². The maximum Gasteiger partial charge on any atom is 0.0614 e. The molecule has 0 nitrogen and oxygen atoms in total. The van der Waals surface area contributed by atoms with Crippen molar-refractivity contribution in [1.29, 1.82) is 0 Å². The lowest BCUT2D eigenvalue weighted by atomic mass is 9.67. The molecule has 0 aliphatic carbocycles. The smallest absolute Gasteiger partial charge is 0.0614 e. The lowest BCUT2D eigenvalue weighted by Crippen LogP contribution is -2.39. The zero-order chi connectivity index (χ0) is 22.6. The predicted octanol–water partition coefficient (Wildman–Crippen LogP) is 8.20. The van der Waals surface area contributed by atoms with E-state index in [1.165, 1.54) is 54.9 Å². The summed E-state index contributed by atoms with van der Waals surface area (Å²) >= 11 is 0. The van der Waals surface area contributed by atoms with Gasteiger partial charge in [0.25, 0.3) is 0 Å². The van der Waals surface area contributed by atoms with E-state index in [1.54, 1.807) is 0 Å². The lowest BCUT2D eigenvalue weighted by Gasteiger charge is -2.49. The van der Waals surface area contributed by atoms with Gasteiger partial charge in [0.2, 0.25) is 0 Å². The first kappa shape index (κ1) is 20.4. The Hall–Kier alpha value is -3.21. The molecule has 0 radical (unpaired) electrons. The van der Waals surface area contributed by atoms with Crippen molar-refractivity contribution in [2.24, 2.45) is 0 Å². The van der Waals surface area contributed by atoms with Gasteiger partial charge in [0.15, 0.2) is 0 Å². The fourth-order valence-electron chi connectivity index (χ4n) is 5.69. The SMILES string of the molecule is CC1=C(c2cccc(C)c2C)P2C(c3ccccc3)=CC1(c1ccccc1)c1ccccc12. The number of rotatable bonds is 3. The van der Waals surface area contributed by atoms with Crippen molar-refractivity contribution in [1.82, 2.24) is 0 Å². The van der Waals surface area contributed by atoms with E-state index in [0.717, 1.165) is 0 Å². The van der Waals surface area contributed by atoms with Crippen molar-refractivity contribution in [3.8, 4) is 0 Å². The van der Waals surface area contributed by atoms with Gasteiger partial charge in [-0.2, -0.15) is 0 Å². The second-order valence-corrected chi connectivity index (χ2v) is 11.2. The second-order valence-electron chi connectivity index (χ2n) is 9.14. The van der Waals surface area contributed by atoms with Crippen LogP contribution < -0.4 is 5.30 Å². The van der Waals surface area contributed by atoms with Gasteiger partial charge in [-0.3, -0.25) is 0 Å². The molecule has 0 fully saturated rings. The molecule has 2 unspecified atom stereocenters. The minimum Gasteiger partial charge on any atom is -0.0622 e. The van der Waals surface area contributed by atoms with Gasteiger partial charge < -0.3 is 0 Å². The van der Waals surface area contributed by atoms with Gasteiger partial charge in [0.1, 0.15) is 0 Å². The number of hydrogen-bond donors (Lipinski definition) is 0. The molecule has 33 heavy (non-hydrogen) atoms. The van der Waals surface area contributed by atoms with E-state index in [4.69, 9.17) is 0 Å². The summed E-state index contributed by atoms with van der Waals surface area (Å²) in [5.74, 6) is 0.